The van der Waals surface area contributed by atoms with Crippen LogP contribution in [0.4, 0.5) is 13.6 Å². The van der Waals surface area contributed by atoms with E-state index < -0.39 is 45.4 Å². The van der Waals surface area contributed by atoms with Crippen LogP contribution < -0.4 is 0 Å². The maximum absolute atomic E-state index is 14.3. The topological polar surface area (TPSA) is 100 Å². The van der Waals surface area contributed by atoms with E-state index in [-0.39, 0.29) is 29.7 Å². The first-order chi connectivity index (χ1) is 20.2. The molecule has 9 nitrogen and oxygen atoms in total. The molecule has 2 atom stereocenters. The van der Waals surface area contributed by atoms with Gasteiger partial charge in [-0.25, -0.2) is 22.0 Å². The largest absolute Gasteiger partial charge is 0.459 e. The molecule has 3 heterocycles. The Labute approximate surface area is 242 Å². The van der Waals surface area contributed by atoms with Gasteiger partial charge in [-0.15, -0.1) is 0 Å². The predicted octanol–water partition coefficient (Wildman–Crippen LogP) is 4.97. The predicted molar refractivity (Wildman–Crippen MR) is 147 cm³/mol. The molecule has 3 aromatic rings. The Hall–Kier alpha value is -3.77. The van der Waals surface area contributed by atoms with E-state index in [9.17, 15) is 26.8 Å². The minimum absolute atomic E-state index is 0.213. The van der Waals surface area contributed by atoms with E-state index in [1.165, 1.54) is 51.9 Å². The van der Waals surface area contributed by atoms with Gasteiger partial charge in [-0.3, -0.25) is 4.79 Å². The second-order valence-corrected chi connectivity index (χ2v) is 12.8. The Bertz CT molecular complexity index is 1570. The van der Waals surface area contributed by atoms with Crippen LogP contribution in [0.3, 0.4) is 0 Å². The van der Waals surface area contributed by atoms with Crippen LogP contribution in [0.2, 0.25) is 0 Å². The van der Waals surface area contributed by atoms with Crippen molar-refractivity contribution in [3.63, 3.8) is 0 Å². The molecule has 1 aromatic heterocycles. The Balaban J connectivity index is 1.24. The number of halogens is 2. The third kappa shape index (κ3) is 5.40. The minimum Gasteiger partial charge on any atom is -0.459 e. The van der Waals surface area contributed by atoms with Crippen molar-refractivity contribution in [2.75, 3.05) is 26.2 Å². The van der Waals surface area contributed by atoms with E-state index in [0.717, 1.165) is 6.07 Å². The highest BCUT2D eigenvalue weighted by Gasteiger charge is 2.60. The zero-order valence-electron chi connectivity index (χ0n) is 22.8. The van der Waals surface area contributed by atoms with E-state index >= 15 is 0 Å². The van der Waals surface area contributed by atoms with Crippen molar-refractivity contribution in [2.45, 2.75) is 54.7 Å². The van der Waals surface area contributed by atoms with Gasteiger partial charge in [0.25, 0.3) is 5.91 Å². The molecular weight excluding hydrogens is 568 g/mol. The standard InChI is InChI=1S/C30H31F2N3O6S/c31-22-6-1-5-21(19-22)25-9-3-11-27(35(25)42(38,39)24-8-2-7-23(32)20-24)30(12-13-30)41-29(37)34-16-14-33(15-17-34)28(36)26-10-4-18-40-26/h1-2,4-8,10,18-20,25,27H,3,9,11-17H2/t25-,27+/m0/s1. The fourth-order valence-corrected chi connectivity index (χ4v) is 8.05. The van der Waals surface area contributed by atoms with E-state index in [4.69, 9.17) is 9.15 Å². The summed E-state index contributed by atoms with van der Waals surface area (Å²) in [5.74, 6) is -1.21. The average molecular weight is 600 g/mol. The number of carbonyl (C=O) groups is 2. The summed E-state index contributed by atoms with van der Waals surface area (Å²) in [7, 11) is -4.27. The molecule has 12 heteroatoms. The van der Waals surface area contributed by atoms with Crippen molar-refractivity contribution in [1.29, 1.82) is 0 Å². The van der Waals surface area contributed by atoms with Crippen LogP contribution in [0.5, 0.6) is 0 Å². The number of nitrogens with zero attached hydrogens (tertiary/aromatic N) is 3. The van der Waals surface area contributed by atoms with Crippen molar-refractivity contribution in [3.05, 3.63) is 89.9 Å². The molecule has 3 aliphatic rings. The molecule has 1 aliphatic carbocycles. The molecule has 1 saturated carbocycles. The number of amides is 2. The molecule has 222 valence electrons. The summed E-state index contributed by atoms with van der Waals surface area (Å²) in [6.45, 7) is 1.10. The van der Waals surface area contributed by atoms with Gasteiger partial charge in [0.15, 0.2) is 5.76 Å². The number of benzene rings is 2. The number of furan rings is 1. The molecule has 2 saturated heterocycles. The van der Waals surface area contributed by atoms with Crippen LogP contribution in [0.1, 0.15) is 54.3 Å². The van der Waals surface area contributed by atoms with Crippen molar-refractivity contribution >= 4 is 22.0 Å². The summed E-state index contributed by atoms with van der Waals surface area (Å²) in [6.07, 6.45) is 3.28. The first kappa shape index (κ1) is 28.4. The third-order valence-electron chi connectivity index (χ3n) is 8.37. The summed E-state index contributed by atoms with van der Waals surface area (Å²) in [6, 6.07) is 12.4. The summed E-state index contributed by atoms with van der Waals surface area (Å²) < 4.78 is 69.4. The SMILES string of the molecule is O=C(OC1([C@H]2CCC[C@@H](c3cccc(F)c3)N2S(=O)(=O)c2cccc(F)c2)CC1)N1CCN(C(=O)c2ccco2)CC1. The van der Waals surface area contributed by atoms with Gasteiger partial charge in [0.1, 0.15) is 17.2 Å². The number of rotatable bonds is 6. The lowest BCUT2D eigenvalue weighted by molar-refractivity contribution is -0.0136. The molecule has 0 bridgehead atoms. The minimum atomic E-state index is -4.27. The second-order valence-electron chi connectivity index (χ2n) is 11.0. The molecule has 3 fully saturated rings. The smallest absolute Gasteiger partial charge is 0.410 e. The van der Waals surface area contributed by atoms with Gasteiger partial charge in [0.2, 0.25) is 10.0 Å². The van der Waals surface area contributed by atoms with Gasteiger partial charge in [-0.2, -0.15) is 4.31 Å². The number of hydrogen-bond donors (Lipinski definition) is 0. The molecule has 42 heavy (non-hydrogen) atoms. The number of piperazine rings is 1. The lowest BCUT2D eigenvalue weighted by Gasteiger charge is -2.45. The Kier molecular flexibility index (Phi) is 7.52. The quantitative estimate of drug-likeness (QED) is 0.397. The third-order valence-corrected chi connectivity index (χ3v) is 10.3. The Morgan fingerprint density at radius 3 is 2.21 bits per heavy atom. The lowest BCUT2D eigenvalue weighted by Crippen LogP contribution is -2.55. The monoisotopic (exact) mass is 599 g/mol. The van der Waals surface area contributed by atoms with Gasteiger partial charge < -0.3 is 19.0 Å². The number of hydrogen-bond acceptors (Lipinski definition) is 6. The van der Waals surface area contributed by atoms with Gasteiger partial charge in [0.05, 0.1) is 23.2 Å². The zero-order chi connectivity index (χ0) is 29.5. The van der Waals surface area contributed by atoms with Crippen LogP contribution >= 0.6 is 0 Å². The summed E-state index contributed by atoms with van der Waals surface area (Å²) in [5, 5.41) is 0. The van der Waals surface area contributed by atoms with Crippen LogP contribution in [-0.2, 0) is 14.8 Å². The van der Waals surface area contributed by atoms with Crippen LogP contribution in [0.25, 0.3) is 0 Å². The van der Waals surface area contributed by atoms with Crippen molar-refractivity contribution in [2.24, 2.45) is 0 Å². The molecule has 0 unspecified atom stereocenters. The Morgan fingerprint density at radius 1 is 0.881 bits per heavy atom. The first-order valence-electron chi connectivity index (χ1n) is 14.0. The fourth-order valence-electron chi connectivity index (χ4n) is 6.10. The maximum atomic E-state index is 14.3. The summed E-state index contributed by atoms with van der Waals surface area (Å²) >= 11 is 0. The molecule has 0 spiro atoms. The maximum Gasteiger partial charge on any atom is 0.410 e. The highest BCUT2D eigenvalue weighted by molar-refractivity contribution is 7.89. The number of ether oxygens (including phenoxy) is 1. The summed E-state index contributed by atoms with van der Waals surface area (Å²) in [5.41, 5.74) is -0.580. The van der Waals surface area contributed by atoms with E-state index in [1.807, 2.05) is 0 Å². The van der Waals surface area contributed by atoms with Crippen molar-refractivity contribution < 1.29 is 35.9 Å². The average Bonchev–Trinajstić information content (AvgIpc) is 3.56. The van der Waals surface area contributed by atoms with E-state index in [0.29, 0.717) is 50.8 Å². The zero-order valence-corrected chi connectivity index (χ0v) is 23.6. The number of sulfonamides is 1. The van der Waals surface area contributed by atoms with Gasteiger partial charge >= 0.3 is 6.09 Å². The fraction of sp³-hybridized carbons (Fsp3) is 0.400. The second kappa shape index (κ2) is 11.1. The molecular formula is C30H31F2N3O6S. The van der Waals surface area contributed by atoms with E-state index in [1.54, 1.807) is 23.1 Å². The van der Waals surface area contributed by atoms with Crippen LogP contribution in [0.15, 0.2) is 76.2 Å². The highest BCUT2D eigenvalue weighted by atomic mass is 32.2. The van der Waals surface area contributed by atoms with E-state index in [2.05, 4.69) is 0 Å². The van der Waals surface area contributed by atoms with Gasteiger partial charge in [-0.05, 0) is 80.1 Å². The van der Waals surface area contributed by atoms with Crippen molar-refractivity contribution in [3.8, 4) is 0 Å². The Morgan fingerprint density at radius 2 is 1.57 bits per heavy atom. The molecule has 6 rings (SSSR count). The summed E-state index contributed by atoms with van der Waals surface area (Å²) in [4.78, 5) is 28.9. The molecule has 0 N–H and O–H groups in total. The van der Waals surface area contributed by atoms with Crippen molar-refractivity contribution in [1.82, 2.24) is 14.1 Å². The van der Waals surface area contributed by atoms with Crippen LogP contribution in [-0.4, -0.2) is 72.3 Å². The van der Waals surface area contributed by atoms with Crippen LogP contribution in [0, 0.1) is 11.6 Å². The number of piperidine rings is 1. The molecule has 2 aromatic carbocycles. The number of carbonyl (C=O) groups excluding carboxylic acids is 2. The highest BCUT2D eigenvalue weighted by Crippen LogP contribution is 2.52. The molecule has 0 radical (unpaired) electrons. The first-order valence-corrected chi connectivity index (χ1v) is 15.5. The van der Waals surface area contributed by atoms with Gasteiger partial charge in [-0.1, -0.05) is 18.2 Å². The molecule has 2 aliphatic heterocycles. The lowest BCUT2D eigenvalue weighted by atomic mass is 9.90. The molecule has 2 amide bonds. The van der Waals surface area contributed by atoms with Gasteiger partial charge in [0, 0.05) is 26.2 Å². The normalized spacial score (nSPS) is 22.5.